The van der Waals surface area contributed by atoms with Crippen LogP contribution in [0.1, 0.15) is 31.1 Å². The number of amides is 1. The minimum absolute atomic E-state index is 0.0784. The van der Waals surface area contributed by atoms with Gasteiger partial charge >= 0.3 is 5.97 Å². The molecule has 23 heavy (non-hydrogen) atoms. The molecule has 126 valence electrons. The fraction of sp³-hybridized carbons (Fsp3) is 0.444. The molecule has 0 aliphatic heterocycles. The van der Waals surface area contributed by atoms with Gasteiger partial charge in [0.1, 0.15) is 5.75 Å². The van der Waals surface area contributed by atoms with Crippen LogP contribution in [-0.2, 0) is 9.53 Å². The van der Waals surface area contributed by atoms with Gasteiger partial charge in [0.05, 0.1) is 19.1 Å². The minimum Gasteiger partial charge on any atom is -0.491 e. The first-order valence-electron chi connectivity index (χ1n) is 7.63. The second-order valence-electron chi connectivity index (χ2n) is 5.61. The first kappa shape index (κ1) is 18.7. The number of nitrogens with zero attached hydrogens (tertiary/aromatic N) is 1. The molecule has 0 spiro atoms. The van der Waals surface area contributed by atoms with Gasteiger partial charge in [0.2, 0.25) is 0 Å². The SMILES string of the molecule is C=CCN(CC(C)C(=O)OC)C(=O)c1ccc(OC(C)C)cc1. The summed E-state index contributed by atoms with van der Waals surface area (Å²) in [6, 6.07) is 6.98. The zero-order chi connectivity index (χ0) is 17.4. The van der Waals surface area contributed by atoms with E-state index in [1.54, 1.807) is 42.2 Å². The third-order valence-electron chi connectivity index (χ3n) is 3.21. The lowest BCUT2D eigenvalue weighted by Gasteiger charge is -2.24. The molecule has 0 N–H and O–H groups in total. The van der Waals surface area contributed by atoms with Gasteiger partial charge in [0.25, 0.3) is 5.91 Å². The summed E-state index contributed by atoms with van der Waals surface area (Å²) in [6.45, 7) is 9.93. The normalized spacial score (nSPS) is 11.7. The van der Waals surface area contributed by atoms with Crippen LogP contribution in [0.3, 0.4) is 0 Å². The topological polar surface area (TPSA) is 55.8 Å². The highest BCUT2D eigenvalue weighted by Gasteiger charge is 2.21. The molecule has 0 heterocycles. The molecule has 0 aliphatic carbocycles. The molecule has 0 aromatic heterocycles. The standard InChI is InChI=1S/C18H25NO4/c1-6-11-19(12-14(4)18(21)22-5)17(20)15-7-9-16(10-8-15)23-13(2)3/h6-10,13-14H,1,11-12H2,2-5H3. The van der Waals surface area contributed by atoms with E-state index in [1.807, 2.05) is 13.8 Å². The van der Waals surface area contributed by atoms with Crippen LogP contribution < -0.4 is 4.74 Å². The lowest BCUT2D eigenvalue weighted by Crippen LogP contribution is -2.37. The Kier molecular flexibility index (Phi) is 7.32. The molecular formula is C18H25NO4. The Morgan fingerprint density at radius 1 is 1.22 bits per heavy atom. The number of carbonyl (C=O) groups is 2. The smallest absolute Gasteiger partial charge is 0.310 e. The number of methoxy groups -OCH3 is 1. The Balaban J connectivity index is 2.84. The van der Waals surface area contributed by atoms with Crippen LogP contribution in [0, 0.1) is 5.92 Å². The van der Waals surface area contributed by atoms with Gasteiger partial charge in [-0.05, 0) is 38.1 Å². The zero-order valence-electron chi connectivity index (χ0n) is 14.2. The lowest BCUT2D eigenvalue weighted by atomic mass is 10.1. The molecule has 0 saturated heterocycles. The molecule has 5 heteroatoms. The predicted molar refractivity (Wildman–Crippen MR) is 89.5 cm³/mol. The van der Waals surface area contributed by atoms with E-state index < -0.39 is 5.92 Å². The maximum absolute atomic E-state index is 12.6. The largest absolute Gasteiger partial charge is 0.491 e. The fourth-order valence-corrected chi connectivity index (χ4v) is 2.13. The van der Waals surface area contributed by atoms with E-state index >= 15 is 0 Å². The maximum Gasteiger partial charge on any atom is 0.310 e. The molecule has 0 radical (unpaired) electrons. The lowest BCUT2D eigenvalue weighted by molar-refractivity contribution is -0.145. The minimum atomic E-state index is -0.396. The molecule has 1 atom stereocenters. The number of carbonyl (C=O) groups excluding carboxylic acids is 2. The summed E-state index contributed by atoms with van der Waals surface area (Å²) in [6.07, 6.45) is 1.72. The highest BCUT2D eigenvalue weighted by molar-refractivity contribution is 5.94. The molecular weight excluding hydrogens is 294 g/mol. The van der Waals surface area contributed by atoms with E-state index in [9.17, 15) is 9.59 Å². The molecule has 0 bridgehead atoms. The summed E-state index contributed by atoms with van der Waals surface area (Å²) >= 11 is 0. The van der Waals surface area contributed by atoms with Crippen LogP contribution in [0.2, 0.25) is 0 Å². The number of rotatable bonds is 8. The molecule has 1 rings (SSSR count). The van der Waals surface area contributed by atoms with E-state index in [0.29, 0.717) is 12.1 Å². The number of benzene rings is 1. The van der Waals surface area contributed by atoms with Crippen LogP contribution >= 0.6 is 0 Å². The average Bonchev–Trinajstić information content (AvgIpc) is 2.53. The van der Waals surface area contributed by atoms with Crippen molar-refractivity contribution in [1.29, 1.82) is 0 Å². The quantitative estimate of drug-likeness (QED) is 0.546. The molecule has 0 saturated carbocycles. The summed E-state index contributed by atoms with van der Waals surface area (Å²) in [4.78, 5) is 25.7. The van der Waals surface area contributed by atoms with Crippen LogP contribution in [0.4, 0.5) is 0 Å². The Hall–Kier alpha value is -2.30. The van der Waals surface area contributed by atoms with Crippen LogP contribution in [0.25, 0.3) is 0 Å². The van der Waals surface area contributed by atoms with E-state index in [4.69, 9.17) is 9.47 Å². The highest BCUT2D eigenvalue weighted by atomic mass is 16.5. The Morgan fingerprint density at radius 3 is 2.30 bits per heavy atom. The van der Waals surface area contributed by atoms with Gasteiger partial charge in [-0.2, -0.15) is 0 Å². The van der Waals surface area contributed by atoms with Crippen molar-refractivity contribution in [2.45, 2.75) is 26.9 Å². The van der Waals surface area contributed by atoms with Gasteiger partial charge in [0.15, 0.2) is 0 Å². The molecule has 1 aromatic rings. The Labute approximate surface area is 137 Å². The summed E-state index contributed by atoms with van der Waals surface area (Å²) in [5, 5.41) is 0. The van der Waals surface area contributed by atoms with E-state index in [2.05, 4.69) is 6.58 Å². The summed E-state index contributed by atoms with van der Waals surface area (Å²) in [7, 11) is 1.34. The number of hydrogen-bond donors (Lipinski definition) is 0. The Morgan fingerprint density at radius 2 is 1.83 bits per heavy atom. The van der Waals surface area contributed by atoms with Crippen molar-refractivity contribution in [2.75, 3.05) is 20.2 Å². The molecule has 0 fully saturated rings. The second kappa shape index (κ2) is 8.98. The van der Waals surface area contributed by atoms with Crippen LogP contribution in [0.5, 0.6) is 5.75 Å². The Bertz CT molecular complexity index is 536. The summed E-state index contributed by atoms with van der Waals surface area (Å²) in [5.41, 5.74) is 0.542. The van der Waals surface area contributed by atoms with Crippen LogP contribution in [-0.4, -0.2) is 43.1 Å². The van der Waals surface area contributed by atoms with Gasteiger partial charge in [0, 0.05) is 18.7 Å². The molecule has 0 aliphatic rings. The number of hydrogen-bond acceptors (Lipinski definition) is 4. The van der Waals surface area contributed by atoms with Crippen molar-refractivity contribution in [3.05, 3.63) is 42.5 Å². The van der Waals surface area contributed by atoms with Crippen molar-refractivity contribution in [3.8, 4) is 5.75 Å². The van der Waals surface area contributed by atoms with Gasteiger partial charge in [-0.1, -0.05) is 13.0 Å². The number of esters is 1. The highest BCUT2D eigenvalue weighted by Crippen LogP contribution is 2.16. The average molecular weight is 319 g/mol. The van der Waals surface area contributed by atoms with Gasteiger partial charge in [-0.15, -0.1) is 6.58 Å². The van der Waals surface area contributed by atoms with Crippen molar-refractivity contribution in [2.24, 2.45) is 5.92 Å². The van der Waals surface area contributed by atoms with Gasteiger partial charge < -0.3 is 14.4 Å². The van der Waals surface area contributed by atoms with Crippen molar-refractivity contribution < 1.29 is 19.1 Å². The third kappa shape index (κ3) is 5.77. The predicted octanol–water partition coefficient (Wildman–Crippen LogP) is 2.91. The molecule has 5 nitrogen and oxygen atoms in total. The molecule has 1 aromatic carbocycles. The van der Waals surface area contributed by atoms with Crippen LogP contribution in [0.15, 0.2) is 36.9 Å². The van der Waals surface area contributed by atoms with Crippen molar-refractivity contribution in [1.82, 2.24) is 4.90 Å². The molecule has 1 unspecified atom stereocenters. The first-order valence-corrected chi connectivity index (χ1v) is 7.63. The third-order valence-corrected chi connectivity index (χ3v) is 3.21. The van der Waals surface area contributed by atoms with Gasteiger partial charge in [-0.3, -0.25) is 9.59 Å². The summed E-state index contributed by atoms with van der Waals surface area (Å²) in [5.74, 6) is -0.175. The van der Waals surface area contributed by atoms with E-state index in [1.165, 1.54) is 7.11 Å². The summed E-state index contributed by atoms with van der Waals surface area (Å²) < 4.78 is 10.3. The van der Waals surface area contributed by atoms with E-state index in [-0.39, 0.29) is 24.5 Å². The molecule has 1 amide bonds. The van der Waals surface area contributed by atoms with E-state index in [0.717, 1.165) is 5.75 Å². The van der Waals surface area contributed by atoms with Crippen molar-refractivity contribution in [3.63, 3.8) is 0 Å². The van der Waals surface area contributed by atoms with Crippen molar-refractivity contribution >= 4 is 11.9 Å². The second-order valence-corrected chi connectivity index (χ2v) is 5.61. The zero-order valence-corrected chi connectivity index (χ0v) is 14.2. The maximum atomic E-state index is 12.6. The first-order chi connectivity index (χ1) is 10.9. The fourth-order valence-electron chi connectivity index (χ4n) is 2.13. The monoisotopic (exact) mass is 319 g/mol. The van der Waals surface area contributed by atoms with Gasteiger partial charge in [-0.25, -0.2) is 0 Å². The number of ether oxygens (including phenoxy) is 2.